The van der Waals surface area contributed by atoms with Crippen molar-refractivity contribution in [3.8, 4) is 11.5 Å². The number of carbonyl (C=O) groups excluding carboxylic acids is 2. The predicted octanol–water partition coefficient (Wildman–Crippen LogP) is 4.92. The van der Waals surface area contributed by atoms with Crippen LogP contribution in [-0.4, -0.2) is 31.5 Å². The molecular formula is C25H27BrN2O4. The van der Waals surface area contributed by atoms with Crippen molar-refractivity contribution in [3.05, 3.63) is 58.3 Å². The van der Waals surface area contributed by atoms with Gasteiger partial charge in [0, 0.05) is 6.04 Å². The Morgan fingerprint density at radius 1 is 1.25 bits per heavy atom. The van der Waals surface area contributed by atoms with Gasteiger partial charge in [0.2, 0.25) is 5.91 Å². The Kier molecular flexibility index (Phi) is 6.84. The Labute approximate surface area is 196 Å². The van der Waals surface area contributed by atoms with Crippen LogP contribution in [0.2, 0.25) is 0 Å². The van der Waals surface area contributed by atoms with Crippen molar-refractivity contribution in [2.45, 2.75) is 38.6 Å². The average molecular weight is 499 g/mol. The van der Waals surface area contributed by atoms with E-state index >= 15 is 0 Å². The molecule has 6 nitrogen and oxygen atoms in total. The largest absolute Gasteiger partial charge is 0.496 e. The van der Waals surface area contributed by atoms with E-state index in [2.05, 4.69) is 28.2 Å². The smallest absolute Gasteiger partial charge is 0.294 e. The highest BCUT2D eigenvalue weighted by molar-refractivity contribution is 9.10. The molecule has 0 spiro atoms. The van der Waals surface area contributed by atoms with Crippen LogP contribution in [-0.2, 0) is 9.59 Å². The van der Waals surface area contributed by atoms with Gasteiger partial charge in [0.25, 0.3) is 5.91 Å². The summed E-state index contributed by atoms with van der Waals surface area (Å²) in [5.41, 5.74) is 1.37. The van der Waals surface area contributed by atoms with Crippen molar-refractivity contribution in [3.63, 3.8) is 0 Å². The number of fused-ring (bicyclic) bond motifs is 1. The minimum absolute atomic E-state index is 0.0495. The van der Waals surface area contributed by atoms with Crippen LogP contribution in [0.4, 0.5) is 5.69 Å². The molecule has 2 atom stereocenters. The molecule has 1 saturated carbocycles. The monoisotopic (exact) mass is 498 g/mol. The third kappa shape index (κ3) is 4.83. The van der Waals surface area contributed by atoms with Crippen LogP contribution >= 0.6 is 15.9 Å². The molecule has 2 aromatic carbocycles. The van der Waals surface area contributed by atoms with Crippen LogP contribution in [0.5, 0.6) is 11.5 Å². The molecule has 0 radical (unpaired) electrons. The van der Waals surface area contributed by atoms with Crippen molar-refractivity contribution >= 4 is 39.5 Å². The van der Waals surface area contributed by atoms with Gasteiger partial charge in [-0.3, -0.25) is 14.5 Å². The second-order valence-corrected chi connectivity index (χ2v) is 9.15. The summed E-state index contributed by atoms with van der Waals surface area (Å²) in [5.74, 6) is 1.36. The highest BCUT2D eigenvalue weighted by Crippen LogP contribution is 2.36. The van der Waals surface area contributed by atoms with E-state index in [1.807, 2.05) is 30.3 Å². The molecule has 1 aliphatic heterocycles. The van der Waals surface area contributed by atoms with Crippen LogP contribution in [0.3, 0.4) is 0 Å². The molecule has 32 heavy (non-hydrogen) atoms. The van der Waals surface area contributed by atoms with Crippen molar-refractivity contribution in [2.75, 3.05) is 18.6 Å². The van der Waals surface area contributed by atoms with Crippen molar-refractivity contribution in [2.24, 2.45) is 5.92 Å². The fourth-order valence-corrected chi connectivity index (χ4v) is 4.83. The number of para-hydroxylation sites is 2. The third-order valence-corrected chi connectivity index (χ3v) is 6.68. The number of nitrogens with one attached hydrogen (secondary N) is 1. The predicted molar refractivity (Wildman–Crippen MR) is 128 cm³/mol. The van der Waals surface area contributed by atoms with Crippen LogP contribution in [0.25, 0.3) is 6.08 Å². The molecule has 2 amide bonds. The van der Waals surface area contributed by atoms with Gasteiger partial charge in [-0.2, -0.15) is 0 Å². The number of anilines is 1. The number of amides is 2. The lowest BCUT2D eigenvalue weighted by Gasteiger charge is -2.32. The highest BCUT2D eigenvalue weighted by atomic mass is 79.9. The maximum atomic E-state index is 13.3. The van der Waals surface area contributed by atoms with Gasteiger partial charge in [0.05, 0.1) is 17.3 Å². The van der Waals surface area contributed by atoms with E-state index < -0.39 is 0 Å². The Morgan fingerprint density at radius 3 is 2.78 bits per heavy atom. The zero-order valence-corrected chi connectivity index (χ0v) is 19.9. The van der Waals surface area contributed by atoms with E-state index in [-0.39, 0.29) is 30.2 Å². The zero-order valence-electron chi connectivity index (χ0n) is 18.3. The number of benzene rings is 2. The summed E-state index contributed by atoms with van der Waals surface area (Å²) >= 11 is 3.47. The van der Waals surface area contributed by atoms with Gasteiger partial charge >= 0.3 is 0 Å². The maximum Gasteiger partial charge on any atom is 0.294 e. The lowest BCUT2D eigenvalue weighted by atomic mass is 9.86. The summed E-state index contributed by atoms with van der Waals surface area (Å²) in [6.45, 7) is 2.12. The quantitative estimate of drug-likeness (QED) is 0.594. The minimum atomic E-state index is -0.345. The van der Waals surface area contributed by atoms with Gasteiger partial charge in [-0.25, -0.2) is 0 Å². The van der Waals surface area contributed by atoms with E-state index in [1.165, 1.54) is 11.3 Å². The number of hydrogen-bond donors (Lipinski definition) is 1. The van der Waals surface area contributed by atoms with E-state index in [1.54, 1.807) is 25.3 Å². The molecule has 0 saturated heterocycles. The number of rotatable bonds is 5. The second-order valence-electron chi connectivity index (χ2n) is 8.30. The first-order valence-corrected chi connectivity index (χ1v) is 11.7. The van der Waals surface area contributed by atoms with Crippen LogP contribution in [0.15, 0.2) is 52.7 Å². The molecule has 1 N–H and O–H groups in total. The Hall–Kier alpha value is -2.80. The molecule has 0 unspecified atom stereocenters. The van der Waals surface area contributed by atoms with Crippen molar-refractivity contribution < 1.29 is 19.1 Å². The highest BCUT2D eigenvalue weighted by Gasteiger charge is 2.32. The number of methoxy groups -OCH3 is 1. The summed E-state index contributed by atoms with van der Waals surface area (Å²) in [7, 11) is 1.60. The molecule has 1 aliphatic carbocycles. The van der Waals surface area contributed by atoms with Gasteiger partial charge in [-0.1, -0.05) is 38.0 Å². The van der Waals surface area contributed by atoms with E-state index in [9.17, 15) is 9.59 Å². The van der Waals surface area contributed by atoms with Crippen LogP contribution in [0, 0.1) is 5.92 Å². The zero-order chi connectivity index (χ0) is 22.7. The molecule has 1 heterocycles. The number of nitrogens with zero attached hydrogens (tertiary/aromatic N) is 1. The Balaban J connectivity index is 1.58. The van der Waals surface area contributed by atoms with Gasteiger partial charge in [0.1, 0.15) is 12.3 Å². The van der Waals surface area contributed by atoms with Gasteiger partial charge in [-0.05, 0) is 70.6 Å². The fourth-order valence-electron chi connectivity index (χ4n) is 4.27. The molecular weight excluding hydrogens is 472 g/mol. The minimum Gasteiger partial charge on any atom is -0.496 e. The fraction of sp³-hybridized carbons (Fsp3) is 0.360. The normalized spacial score (nSPS) is 21.7. The maximum absolute atomic E-state index is 13.3. The summed E-state index contributed by atoms with van der Waals surface area (Å²) in [6.07, 6.45) is 6.11. The molecule has 2 aromatic rings. The van der Waals surface area contributed by atoms with E-state index in [0.29, 0.717) is 23.1 Å². The first-order valence-electron chi connectivity index (χ1n) is 10.9. The van der Waals surface area contributed by atoms with Crippen LogP contribution < -0.4 is 19.7 Å². The summed E-state index contributed by atoms with van der Waals surface area (Å²) < 4.78 is 12.0. The topological polar surface area (TPSA) is 67.9 Å². The SMILES string of the molecule is COc1ccc(/C=C2\Oc3ccccc3N(CC(=O)N[C@H]3CCCC[C@@H]3C)C2=O)cc1Br. The number of carbonyl (C=O) groups is 2. The van der Waals surface area contributed by atoms with Crippen LogP contribution in [0.1, 0.15) is 38.2 Å². The first kappa shape index (κ1) is 22.4. The van der Waals surface area contributed by atoms with E-state index in [4.69, 9.17) is 9.47 Å². The number of ether oxygens (including phenoxy) is 2. The molecule has 1 fully saturated rings. The molecule has 0 aromatic heterocycles. The molecule has 7 heteroatoms. The summed E-state index contributed by atoms with van der Waals surface area (Å²) in [5, 5.41) is 3.14. The van der Waals surface area contributed by atoms with Gasteiger partial charge in [0.15, 0.2) is 11.5 Å². The standard InChI is InChI=1S/C25H27BrN2O4/c1-16-7-3-4-8-19(16)27-24(29)15-28-20-9-5-6-10-22(20)32-23(25(28)30)14-17-11-12-21(31-2)18(26)13-17/h5-6,9-14,16,19H,3-4,7-8,15H2,1-2H3,(H,27,29)/b23-14-/t16-,19-/m0/s1. The van der Waals surface area contributed by atoms with Crippen molar-refractivity contribution in [1.29, 1.82) is 0 Å². The third-order valence-electron chi connectivity index (χ3n) is 6.07. The molecule has 4 rings (SSSR count). The lowest BCUT2D eigenvalue weighted by molar-refractivity contribution is -0.124. The number of halogens is 1. The Bertz CT molecular complexity index is 1050. The second kappa shape index (κ2) is 9.77. The van der Waals surface area contributed by atoms with Gasteiger partial charge < -0.3 is 14.8 Å². The Morgan fingerprint density at radius 2 is 2.03 bits per heavy atom. The summed E-state index contributed by atoms with van der Waals surface area (Å²) in [6, 6.07) is 12.9. The number of hydrogen-bond acceptors (Lipinski definition) is 4. The lowest BCUT2D eigenvalue weighted by Crippen LogP contribution is -2.48. The average Bonchev–Trinajstić information content (AvgIpc) is 2.78. The van der Waals surface area contributed by atoms with Crippen molar-refractivity contribution in [1.82, 2.24) is 5.32 Å². The summed E-state index contributed by atoms with van der Waals surface area (Å²) in [4.78, 5) is 27.7. The molecule has 168 valence electrons. The first-order chi connectivity index (χ1) is 15.5. The molecule has 0 bridgehead atoms. The molecule has 2 aliphatic rings. The van der Waals surface area contributed by atoms with Gasteiger partial charge in [-0.15, -0.1) is 0 Å². The van der Waals surface area contributed by atoms with E-state index in [0.717, 1.165) is 29.3 Å².